The Kier molecular flexibility index (Phi) is 6.22. The zero-order chi connectivity index (χ0) is 19.1. The number of rotatable bonds is 7. The summed E-state index contributed by atoms with van der Waals surface area (Å²) in [4.78, 5) is 12.2. The van der Waals surface area contributed by atoms with Gasteiger partial charge < -0.3 is 9.30 Å². The van der Waals surface area contributed by atoms with Crippen LogP contribution in [-0.2, 0) is 12.8 Å². The quantitative estimate of drug-likeness (QED) is 0.387. The Morgan fingerprint density at radius 1 is 1.30 bits per heavy atom. The highest BCUT2D eigenvalue weighted by Gasteiger charge is 2.06. The monoisotopic (exact) mass is 381 g/mol. The first-order chi connectivity index (χ1) is 13.2. The molecule has 1 heterocycles. The minimum absolute atomic E-state index is 0.262. The molecular weight excluding hydrogens is 362 g/mol. The summed E-state index contributed by atoms with van der Waals surface area (Å²) in [6.45, 7) is 0. The number of amides is 1. The highest BCUT2D eigenvalue weighted by molar-refractivity contribution is 7.98. The van der Waals surface area contributed by atoms with E-state index >= 15 is 0 Å². The molecular formula is C19H19N5O2S. The molecule has 0 unspecified atom stereocenters. The number of methoxy groups -OCH3 is 1. The minimum atomic E-state index is -0.262. The van der Waals surface area contributed by atoms with Crippen LogP contribution in [0.5, 0.6) is 5.75 Å². The third kappa shape index (κ3) is 5.18. The van der Waals surface area contributed by atoms with Crippen LogP contribution in [0.4, 0.5) is 0 Å². The van der Waals surface area contributed by atoms with E-state index in [1.54, 1.807) is 43.5 Å². The van der Waals surface area contributed by atoms with E-state index in [9.17, 15) is 4.79 Å². The van der Waals surface area contributed by atoms with Crippen molar-refractivity contribution in [2.75, 3.05) is 7.11 Å². The standard InChI is InChI=1S/C19H19N5O2S/c1-24-13-21-23-19(24)27-12-14-6-8-16(9-7-14)18(25)22-20-11-15-4-3-5-17(10-15)26-2/h3-11,13H,12H2,1-2H3,(H,22,25). The average molecular weight is 381 g/mol. The number of ether oxygens (including phenoxy) is 1. The van der Waals surface area contributed by atoms with Gasteiger partial charge in [0.2, 0.25) is 0 Å². The van der Waals surface area contributed by atoms with Gasteiger partial charge in [0.15, 0.2) is 5.16 Å². The number of nitrogens with one attached hydrogen (secondary N) is 1. The summed E-state index contributed by atoms with van der Waals surface area (Å²) in [6.07, 6.45) is 3.24. The molecule has 1 amide bonds. The molecule has 0 bridgehead atoms. The predicted molar refractivity (Wildman–Crippen MR) is 105 cm³/mol. The molecule has 0 aliphatic heterocycles. The summed E-state index contributed by atoms with van der Waals surface area (Å²) >= 11 is 1.59. The maximum absolute atomic E-state index is 12.2. The Bertz CT molecular complexity index is 937. The molecule has 0 radical (unpaired) electrons. The maximum Gasteiger partial charge on any atom is 0.271 e. The molecule has 7 nitrogen and oxygen atoms in total. The zero-order valence-corrected chi connectivity index (χ0v) is 15.8. The van der Waals surface area contributed by atoms with Crippen LogP contribution in [-0.4, -0.2) is 34.0 Å². The Morgan fingerprint density at radius 3 is 2.81 bits per heavy atom. The number of hydrogen-bond donors (Lipinski definition) is 1. The van der Waals surface area contributed by atoms with E-state index in [1.807, 2.05) is 48.0 Å². The lowest BCUT2D eigenvalue weighted by Crippen LogP contribution is -2.17. The van der Waals surface area contributed by atoms with Gasteiger partial charge in [-0.3, -0.25) is 4.79 Å². The van der Waals surface area contributed by atoms with E-state index in [-0.39, 0.29) is 5.91 Å². The van der Waals surface area contributed by atoms with Crippen LogP contribution in [0.1, 0.15) is 21.5 Å². The van der Waals surface area contributed by atoms with Crippen molar-refractivity contribution in [2.24, 2.45) is 12.1 Å². The van der Waals surface area contributed by atoms with Crippen LogP contribution in [0.3, 0.4) is 0 Å². The second-order valence-corrected chi connectivity index (χ2v) is 6.63. The van der Waals surface area contributed by atoms with Gasteiger partial charge in [-0.2, -0.15) is 5.10 Å². The number of carbonyl (C=O) groups excluding carboxylic acids is 1. The van der Waals surface area contributed by atoms with Crippen LogP contribution in [0.15, 0.2) is 65.1 Å². The van der Waals surface area contributed by atoms with Crippen molar-refractivity contribution in [2.45, 2.75) is 10.9 Å². The van der Waals surface area contributed by atoms with Crippen molar-refractivity contribution in [1.82, 2.24) is 20.2 Å². The van der Waals surface area contributed by atoms with Gasteiger partial charge in [-0.15, -0.1) is 10.2 Å². The molecule has 0 saturated carbocycles. The molecule has 2 aromatic carbocycles. The number of benzene rings is 2. The SMILES string of the molecule is COc1cccc(C=NNC(=O)c2ccc(CSc3nncn3C)cc2)c1. The lowest BCUT2D eigenvalue weighted by atomic mass is 10.1. The van der Waals surface area contributed by atoms with Gasteiger partial charge in [-0.05, 0) is 35.4 Å². The molecule has 1 N–H and O–H groups in total. The summed E-state index contributed by atoms with van der Waals surface area (Å²) in [5.74, 6) is 1.23. The van der Waals surface area contributed by atoms with Crippen molar-refractivity contribution in [3.8, 4) is 5.75 Å². The molecule has 8 heteroatoms. The summed E-state index contributed by atoms with van der Waals surface area (Å²) < 4.78 is 7.02. The maximum atomic E-state index is 12.2. The number of aryl methyl sites for hydroxylation is 1. The Morgan fingerprint density at radius 2 is 2.11 bits per heavy atom. The van der Waals surface area contributed by atoms with Crippen LogP contribution in [0.2, 0.25) is 0 Å². The molecule has 3 rings (SSSR count). The van der Waals surface area contributed by atoms with Gasteiger partial charge in [0.05, 0.1) is 13.3 Å². The molecule has 0 atom stereocenters. The summed E-state index contributed by atoms with van der Waals surface area (Å²) in [7, 11) is 3.51. The predicted octanol–water partition coefficient (Wildman–Crippen LogP) is 2.88. The lowest BCUT2D eigenvalue weighted by Gasteiger charge is -2.04. The van der Waals surface area contributed by atoms with Crippen LogP contribution >= 0.6 is 11.8 Å². The molecule has 1 aromatic heterocycles. The van der Waals surface area contributed by atoms with Crippen molar-refractivity contribution < 1.29 is 9.53 Å². The highest BCUT2D eigenvalue weighted by Crippen LogP contribution is 2.20. The zero-order valence-electron chi connectivity index (χ0n) is 15.0. The van der Waals surface area contributed by atoms with Gasteiger partial charge in [0, 0.05) is 18.4 Å². The molecule has 0 fully saturated rings. The molecule has 0 spiro atoms. The summed E-state index contributed by atoms with van der Waals surface area (Å²) in [5.41, 5.74) is 5.01. The first-order valence-electron chi connectivity index (χ1n) is 8.19. The molecule has 0 aliphatic rings. The number of thioether (sulfide) groups is 1. The molecule has 0 saturated heterocycles. The lowest BCUT2D eigenvalue weighted by molar-refractivity contribution is 0.0955. The van der Waals surface area contributed by atoms with Crippen molar-refractivity contribution in [3.63, 3.8) is 0 Å². The fourth-order valence-electron chi connectivity index (χ4n) is 2.26. The Balaban J connectivity index is 1.54. The third-order valence-corrected chi connectivity index (χ3v) is 4.83. The van der Waals surface area contributed by atoms with E-state index < -0.39 is 0 Å². The minimum Gasteiger partial charge on any atom is -0.497 e. The van der Waals surface area contributed by atoms with E-state index in [1.165, 1.54) is 0 Å². The van der Waals surface area contributed by atoms with E-state index in [0.29, 0.717) is 5.56 Å². The third-order valence-electron chi connectivity index (χ3n) is 3.73. The molecule has 0 aliphatic carbocycles. The van der Waals surface area contributed by atoms with Crippen LogP contribution < -0.4 is 10.2 Å². The first-order valence-corrected chi connectivity index (χ1v) is 9.17. The van der Waals surface area contributed by atoms with Crippen LogP contribution in [0, 0.1) is 0 Å². The molecule has 3 aromatic rings. The normalized spacial score (nSPS) is 10.9. The van der Waals surface area contributed by atoms with Crippen LogP contribution in [0.25, 0.3) is 0 Å². The number of hydrazone groups is 1. The van der Waals surface area contributed by atoms with Crippen molar-refractivity contribution in [1.29, 1.82) is 0 Å². The highest BCUT2D eigenvalue weighted by atomic mass is 32.2. The fraction of sp³-hybridized carbons (Fsp3) is 0.158. The van der Waals surface area contributed by atoms with E-state index in [2.05, 4.69) is 20.7 Å². The van der Waals surface area contributed by atoms with Gasteiger partial charge in [-0.25, -0.2) is 5.43 Å². The van der Waals surface area contributed by atoms with E-state index in [0.717, 1.165) is 27.8 Å². The number of carbonyl (C=O) groups is 1. The smallest absolute Gasteiger partial charge is 0.271 e. The fourth-order valence-corrected chi connectivity index (χ4v) is 3.10. The van der Waals surface area contributed by atoms with Gasteiger partial charge in [0.1, 0.15) is 12.1 Å². The second-order valence-electron chi connectivity index (χ2n) is 5.69. The molecule has 138 valence electrons. The molecule has 27 heavy (non-hydrogen) atoms. The second kappa shape index (κ2) is 9.00. The number of hydrogen-bond acceptors (Lipinski definition) is 6. The van der Waals surface area contributed by atoms with Crippen molar-refractivity contribution >= 4 is 23.9 Å². The van der Waals surface area contributed by atoms with Gasteiger partial charge >= 0.3 is 0 Å². The number of aromatic nitrogens is 3. The Hall–Kier alpha value is -3.13. The van der Waals surface area contributed by atoms with Gasteiger partial charge in [-0.1, -0.05) is 36.0 Å². The first kappa shape index (κ1) is 18.7. The summed E-state index contributed by atoms with van der Waals surface area (Å²) in [5, 5.41) is 12.7. The topological polar surface area (TPSA) is 81.4 Å². The van der Waals surface area contributed by atoms with Crippen molar-refractivity contribution in [3.05, 3.63) is 71.5 Å². The largest absolute Gasteiger partial charge is 0.497 e. The Labute approximate surface area is 161 Å². The average Bonchev–Trinajstić information content (AvgIpc) is 3.11. The van der Waals surface area contributed by atoms with Gasteiger partial charge in [0.25, 0.3) is 5.91 Å². The van der Waals surface area contributed by atoms with E-state index in [4.69, 9.17) is 4.74 Å². The summed E-state index contributed by atoms with van der Waals surface area (Å²) in [6, 6.07) is 14.8. The number of nitrogens with zero attached hydrogens (tertiary/aromatic N) is 4.